The summed E-state index contributed by atoms with van der Waals surface area (Å²) in [7, 11) is 0. The van der Waals surface area contributed by atoms with Gasteiger partial charge < -0.3 is 25.4 Å². The summed E-state index contributed by atoms with van der Waals surface area (Å²) >= 11 is 0. The number of phenolic OH excluding ortho intramolecular Hbond substituents is 1. The molecular formula is C21H23N3O5. The third kappa shape index (κ3) is 5.55. The molecule has 0 saturated carbocycles. The molecule has 0 radical (unpaired) electrons. The number of hydrogen-bond acceptors (Lipinski definition) is 5. The van der Waals surface area contributed by atoms with E-state index in [2.05, 4.69) is 10.6 Å². The first-order valence-electron chi connectivity index (χ1n) is 9.38. The lowest BCUT2D eigenvalue weighted by atomic mass is 10.1. The van der Waals surface area contributed by atoms with Crippen molar-refractivity contribution in [2.45, 2.75) is 6.42 Å². The van der Waals surface area contributed by atoms with E-state index in [1.165, 1.54) is 0 Å². The van der Waals surface area contributed by atoms with Crippen molar-refractivity contribution in [1.82, 2.24) is 10.2 Å². The molecule has 2 aromatic rings. The molecule has 0 atom stereocenters. The number of amides is 3. The maximum Gasteiger partial charge on any atom is 0.313 e. The monoisotopic (exact) mass is 397 g/mol. The van der Waals surface area contributed by atoms with Gasteiger partial charge in [0.25, 0.3) is 5.91 Å². The van der Waals surface area contributed by atoms with E-state index in [4.69, 9.17) is 4.74 Å². The summed E-state index contributed by atoms with van der Waals surface area (Å²) in [6.45, 7) is 2.19. The van der Waals surface area contributed by atoms with E-state index in [1.807, 2.05) is 0 Å². The fourth-order valence-electron chi connectivity index (χ4n) is 2.96. The second-order valence-electron chi connectivity index (χ2n) is 6.58. The number of para-hydroxylation sites is 1. The number of benzene rings is 2. The van der Waals surface area contributed by atoms with Crippen LogP contribution in [0.4, 0.5) is 5.69 Å². The first-order chi connectivity index (χ1) is 14.0. The van der Waals surface area contributed by atoms with E-state index in [-0.39, 0.29) is 18.2 Å². The zero-order valence-corrected chi connectivity index (χ0v) is 15.9. The number of nitrogens with one attached hydrogen (secondary N) is 2. The first-order valence-corrected chi connectivity index (χ1v) is 9.38. The van der Waals surface area contributed by atoms with E-state index in [1.54, 1.807) is 53.4 Å². The summed E-state index contributed by atoms with van der Waals surface area (Å²) in [5.74, 6) is -1.66. The molecule has 29 heavy (non-hydrogen) atoms. The molecule has 8 heteroatoms. The Hall–Kier alpha value is -3.39. The fourth-order valence-corrected chi connectivity index (χ4v) is 2.96. The van der Waals surface area contributed by atoms with Crippen LogP contribution >= 0.6 is 0 Å². The number of nitrogens with zero attached hydrogens (tertiary/aromatic N) is 1. The second-order valence-corrected chi connectivity index (χ2v) is 6.58. The van der Waals surface area contributed by atoms with Crippen molar-refractivity contribution in [2.24, 2.45) is 0 Å². The highest BCUT2D eigenvalue weighted by Crippen LogP contribution is 2.18. The molecule has 0 unspecified atom stereocenters. The number of aromatic hydroxyl groups is 1. The molecule has 1 heterocycles. The Kier molecular flexibility index (Phi) is 6.80. The van der Waals surface area contributed by atoms with Crippen LogP contribution in [0.25, 0.3) is 0 Å². The smallest absolute Gasteiger partial charge is 0.313 e. The van der Waals surface area contributed by atoms with Crippen molar-refractivity contribution in [3.63, 3.8) is 0 Å². The molecule has 8 nitrogen and oxygen atoms in total. The molecule has 0 spiro atoms. The topological polar surface area (TPSA) is 108 Å². The van der Waals surface area contributed by atoms with E-state index >= 15 is 0 Å². The Bertz CT molecular complexity index is 876. The Morgan fingerprint density at radius 3 is 2.38 bits per heavy atom. The molecule has 1 aliphatic heterocycles. The molecule has 0 aromatic heterocycles. The number of phenols is 1. The SMILES string of the molecule is O=C(NCCc1ccc(O)cc1)C(=O)Nc1ccccc1C(=O)N1CCOCC1. The number of ether oxygens (including phenoxy) is 1. The first kappa shape index (κ1) is 20.3. The summed E-state index contributed by atoms with van der Waals surface area (Å²) in [6.07, 6.45) is 0.519. The normalized spacial score (nSPS) is 13.6. The van der Waals surface area contributed by atoms with Gasteiger partial charge in [0.05, 0.1) is 24.5 Å². The molecular weight excluding hydrogens is 374 g/mol. The second kappa shape index (κ2) is 9.70. The van der Waals surface area contributed by atoms with E-state index in [0.29, 0.717) is 44.0 Å². The highest BCUT2D eigenvalue weighted by molar-refractivity contribution is 6.40. The average molecular weight is 397 g/mol. The standard InChI is InChI=1S/C21H23N3O5/c25-16-7-5-15(6-8-16)9-10-22-19(26)20(27)23-18-4-2-1-3-17(18)21(28)24-11-13-29-14-12-24/h1-8,25H,9-14H2,(H,22,26)(H,23,27). The summed E-state index contributed by atoms with van der Waals surface area (Å²) in [5.41, 5.74) is 1.55. The zero-order chi connectivity index (χ0) is 20.6. The van der Waals surface area contributed by atoms with Gasteiger partial charge >= 0.3 is 11.8 Å². The van der Waals surface area contributed by atoms with Gasteiger partial charge in [-0.25, -0.2) is 0 Å². The molecule has 0 bridgehead atoms. The van der Waals surface area contributed by atoms with Crippen LogP contribution in [0.15, 0.2) is 48.5 Å². The molecule has 0 aliphatic carbocycles. The van der Waals surface area contributed by atoms with Crippen LogP contribution in [-0.4, -0.2) is 60.6 Å². The molecule has 3 N–H and O–H groups in total. The van der Waals surface area contributed by atoms with Crippen molar-refractivity contribution >= 4 is 23.4 Å². The van der Waals surface area contributed by atoms with Crippen LogP contribution in [-0.2, 0) is 20.7 Å². The van der Waals surface area contributed by atoms with Gasteiger partial charge in [0.15, 0.2) is 0 Å². The summed E-state index contributed by atoms with van der Waals surface area (Å²) in [6, 6.07) is 13.2. The van der Waals surface area contributed by atoms with Gasteiger partial charge in [-0.15, -0.1) is 0 Å². The Balaban J connectivity index is 1.56. The van der Waals surface area contributed by atoms with Crippen LogP contribution in [0.2, 0.25) is 0 Å². The molecule has 152 valence electrons. The van der Waals surface area contributed by atoms with Gasteiger partial charge in [0, 0.05) is 19.6 Å². The Labute approximate surface area is 168 Å². The van der Waals surface area contributed by atoms with Crippen molar-refractivity contribution in [2.75, 3.05) is 38.2 Å². The predicted octanol–water partition coefficient (Wildman–Crippen LogP) is 1.16. The minimum atomic E-state index is -0.835. The van der Waals surface area contributed by atoms with Crippen molar-refractivity contribution in [3.8, 4) is 5.75 Å². The largest absolute Gasteiger partial charge is 0.508 e. The Morgan fingerprint density at radius 2 is 1.66 bits per heavy atom. The van der Waals surface area contributed by atoms with Crippen molar-refractivity contribution < 1.29 is 24.2 Å². The van der Waals surface area contributed by atoms with Gasteiger partial charge in [-0.2, -0.15) is 0 Å². The van der Waals surface area contributed by atoms with Gasteiger partial charge in [-0.1, -0.05) is 24.3 Å². The number of carbonyl (C=O) groups is 3. The lowest BCUT2D eigenvalue weighted by Crippen LogP contribution is -2.41. The van der Waals surface area contributed by atoms with Gasteiger partial charge in [0.2, 0.25) is 0 Å². The van der Waals surface area contributed by atoms with Crippen LogP contribution < -0.4 is 10.6 Å². The van der Waals surface area contributed by atoms with E-state index in [9.17, 15) is 19.5 Å². The van der Waals surface area contributed by atoms with E-state index in [0.717, 1.165) is 5.56 Å². The molecule has 1 fully saturated rings. The van der Waals surface area contributed by atoms with Gasteiger partial charge in [0.1, 0.15) is 5.75 Å². The fraction of sp³-hybridized carbons (Fsp3) is 0.286. The van der Waals surface area contributed by atoms with Crippen LogP contribution in [0.1, 0.15) is 15.9 Å². The maximum absolute atomic E-state index is 12.7. The molecule has 2 aromatic carbocycles. The Morgan fingerprint density at radius 1 is 0.966 bits per heavy atom. The number of morpholine rings is 1. The average Bonchev–Trinajstić information content (AvgIpc) is 2.75. The predicted molar refractivity (Wildman–Crippen MR) is 107 cm³/mol. The van der Waals surface area contributed by atoms with Crippen LogP contribution in [0.3, 0.4) is 0 Å². The van der Waals surface area contributed by atoms with E-state index < -0.39 is 11.8 Å². The lowest BCUT2D eigenvalue weighted by Gasteiger charge is -2.27. The summed E-state index contributed by atoms with van der Waals surface area (Å²) in [5, 5.41) is 14.3. The molecule has 1 saturated heterocycles. The number of rotatable bonds is 5. The maximum atomic E-state index is 12.7. The third-order valence-electron chi connectivity index (χ3n) is 4.55. The van der Waals surface area contributed by atoms with Crippen molar-refractivity contribution in [3.05, 3.63) is 59.7 Å². The minimum Gasteiger partial charge on any atom is -0.508 e. The van der Waals surface area contributed by atoms with Crippen LogP contribution in [0, 0.1) is 0 Å². The quantitative estimate of drug-likeness (QED) is 0.657. The van der Waals surface area contributed by atoms with Gasteiger partial charge in [-0.3, -0.25) is 14.4 Å². The van der Waals surface area contributed by atoms with Crippen molar-refractivity contribution in [1.29, 1.82) is 0 Å². The van der Waals surface area contributed by atoms with Gasteiger partial charge in [-0.05, 0) is 36.2 Å². The molecule has 1 aliphatic rings. The highest BCUT2D eigenvalue weighted by Gasteiger charge is 2.22. The minimum absolute atomic E-state index is 0.169. The summed E-state index contributed by atoms with van der Waals surface area (Å²) < 4.78 is 5.26. The van der Waals surface area contributed by atoms with Crippen LogP contribution in [0.5, 0.6) is 5.75 Å². The third-order valence-corrected chi connectivity index (χ3v) is 4.55. The number of anilines is 1. The number of hydrogen-bond donors (Lipinski definition) is 3. The highest BCUT2D eigenvalue weighted by atomic mass is 16.5. The molecule has 3 amide bonds. The zero-order valence-electron chi connectivity index (χ0n) is 15.9. The molecule has 3 rings (SSSR count). The number of carbonyl (C=O) groups excluding carboxylic acids is 3. The lowest BCUT2D eigenvalue weighted by molar-refractivity contribution is -0.136. The summed E-state index contributed by atoms with van der Waals surface area (Å²) in [4.78, 5) is 38.7.